The minimum Gasteiger partial charge on any atom is -0.245 e. The number of hydrogen-bond acceptors (Lipinski definition) is 2. The first-order valence-corrected chi connectivity index (χ1v) is 9.04. The number of allylic oxidation sites excluding steroid dienone is 3. The van der Waals surface area contributed by atoms with Gasteiger partial charge < -0.3 is 0 Å². The second-order valence-corrected chi connectivity index (χ2v) is 6.95. The average molecular weight is 357 g/mol. The Morgan fingerprint density at radius 1 is 0.963 bits per heavy atom. The van der Waals surface area contributed by atoms with E-state index < -0.39 is 5.92 Å². The van der Waals surface area contributed by atoms with E-state index in [0.717, 1.165) is 22.4 Å². The van der Waals surface area contributed by atoms with Gasteiger partial charge in [-0.2, -0.15) is 9.37 Å². The molecule has 0 aromatic heterocycles. The Hall–Kier alpha value is -3.27. The molecule has 0 N–H and O–H groups in total. The highest BCUT2D eigenvalue weighted by Gasteiger charge is 2.47. The standard InChI is InChI=1S/C23H21N2O2/c1-16-11-13-19(14-12-16)25-22(26)20-9-5-6-10-21(20)24(23(25)27)15-18-8-4-3-7-17(18)2/h3-14,20H,15H2,1-2H3/q+1. The summed E-state index contributed by atoms with van der Waals surface area (Å²) in [6.07, 6.45) is 7.46. The van der Waals surface area contributed by atoms with Crippen molar-refractivity contribution >= 4 is 23.3 Å². The molecule has 0 saturated heterocycles. The monoisotopic (exact) mass is 357 g/mol. The molecule has 0 fully saturated rings. The fourth-order valence-corrected chi connectivity index (χ4v) is 3.51. The summed E-state index contributed by atoms with van der Waals surface area (Å²) in [6, 6.07) is 15.2. The molecule has 4 rings (SSSR count). The molecule has 27 heavy (non-hydrogen) atoms. The Morgan fingerprint density at radius 3 is 2.44 bits per heavy atom. The summed E-state index contributed by atoms with van der Waals surface area (Å²) in [5.74, 6) is -0.654. The summed E-state index contributed by atoms with van der Waals surface area (Å²) >= 11 is 0. The lowest BCUT2D eigenvalue weighted by atomic mass is 9.94. The van der Waals surface area contributed by atoms with Crippen LogP contribution in [-0.2, 0) is 11.3 Å². The molecule has 2 aromatic rings. The van der Waals surface area contributed by atoms with Crippen LogP contribution in [-0.4, -0.2) is 22.2 Å². The van der Waals surface area contributed by atoms with Crippen LogP contribution in [0.2, 0.25) is 0 Å². The summed E-state index contributed by atoms with van der Waals surface area (Å²) < 4.78 is 1.72. The van der Waals surface area contributed by atoms with Gasteiger partial charge in [0.1, 0.15) is 23.9 Å². The number of fused-ring (bicyclic) bond motifs is 1. The largest absolute Gasteiger partial charge is 0.506 e. The van der Waals surface area contributed by atoms with Gasteiger partial charge in [-0.05, 0) is 43.2 Å². The molecule has 2 aliphatic rings. The van der Waals surface area contributed by atoms with E-state index in [4.69, 9.17) is 0 Å². The maximum absolute atomic E-state index is 13.3. The second kappa shape index (κ2) is 6.80. The summed E-state index contributed by atoms with van der Waals surface area (Å²) in [6.45, 7) is 4.45. The van der Waals surface area contributed by atoms with Gasteiger partial charge >= 0.3 is 11.9 Å². The quantitative estimate of drug-likeness (QED) is 0.774. The van der Waals surface area contributed by atoms with E-state index in [0.29, 0.717) is 12.2 Å². The number of urea groups is 1. The highest BCUT2D eigenvalue weighted by atomic mass is 16.2. The summed E-state index contributed by atoms with van der Waals surface area (Å²) in [4.78, 5) is 27.7. The predicted octanol–water partition coefficient (Wildman–Crippen LogP) is 4.17. The van der Waals surface area contributed by atoms with Crippen molar-refractivity contribution in [3.63, 3.8) is 0 Å². The fourth-order valence-electron chi connectivity index (χ4n) is 3.51. The van der Waals surface area contributed by atoms with E-state index in [1.807, 2.05) is 86.7 Å². The number of carbonyl (C=O) groups is 2. The van der Waals surface area contributed by atoms with Gasteiger partial charge in [-0.25, -0.2) is 4.79 Å². The van der Waals surface area contributed by atoms with Crippen LogP contribution in [0, 0.1) is 19.8 Å². The summed E-state index contributed by atoms with van der Waals surface area (Å²) in [7, 11) is 0. The van der Waals surface area contributed by atoms with E-state index in [-0.39, 0.29) is 11.9 Å². The molecule has 1 atom stereocenters. The average Bonchev–Trinajstić information content (AvgIpc) is 2.68. The normalized spacial score (nSPS) is 18.9. The van der Waals surface area contributed by atoms with Crippen LogP contribution >= 0.6 is 0 Å². The number of amides is 3. The SMILES string of the molecule is Cc1ccc(N2C(=O)C3C=CC=CC3=[N+](Cc3ccccc3C)C2=O)cc1. The van der Waals surface area contributed by atoms with Crippen molar-refractivity contribution < 1.29 is 14.2 Å². The third-order valence-corrected chi connectivity index (χ3v) is 5.10. The maximum atomic E-state index is 13.3. The molecule has 0 spiro atoms. The number of hydrogen-bond donors (Lipinski definition) is 0. The Balaban J connectivity index is 1.82. The number of rotatable bonds is 3. The van der Waals surface area contributed by atoms with Crippen molar-refractivity contribution in [3.05, 3.63) is 89.5 Å². The Kier molecular flexibility index (Phi) is 4.32. The van der Waals surface area contributed by atoms with Gasteiger partial charge in [0.05, 0.1) is 0 Å². The lowest BCUT2D eigenvalue weighted by molar-refractivity contribution is -0.445. The molecule has 0 bridgehead atoms. The fraction of sp³-hybridized carbons (Fsp3) is 0.174. The molecule has 4 nitrogen and oxygen atoms in total. The zero-order valence-corrected chi connectivity index (χ0v) is 15.4. The van der Waals surface area contributed by atoms with Crippen LogP contribution in [0.15, 0.2) is 72.8 Å². The number of imide groups is 1. The highest BCUT2D eigenvalue weighted by Crippen LogP contribution is 2.26. The molecule has 1 unspecified atom stereocenters. The molecule has 3 amide bonds. The first-order valence-electron chi connectivity index (χ1n) is 9.04. The van der Waals surface area contributed by atoms with Crippen molar-refractivity contribution in [2.24, 2.45) is 5.92 Å². The molecule has 1 heterocycles. The van der Waals surface area contributed by atoms with Crippen LogP contribution in [0.4, 0.5) is 10.5 Å². The third kappa shape index (κ3) is 3.04. The van der Waals surface area contributed by atoms with E-state index >= 15 is 0 Å². The van der Waals surface area contributed by atoms with E-state index in [1.165, 1.54) is 4.90 Å². The molecule has 4 heteroatoms. The molecule has 0 radical (unpaired) electrons. The number of carbonyl (C=O) groups excluding carboxylic acids is 2. The molecule has 0 saturated carbocycles. The molecular weight excluding hydrogens is 336 g/mol. The van der Waals surface area contributed by atoms with Crippen LogP contribution < -0.4 is 4.90 Å². The first-order chi connectivity index (χ1) is 13.1. The zero-order chi connectivity index (χ0) is 19.0. The van der Waals surface area contributed by atoms with Gasteiger partial charge in [-0.15, -0.1) is 4.90 Å². The van der Waals surface area contributed by atoms with Crippen LogP contribution in [0.5, 0.6) is 0 Å². The number of nitrogens with zero attached hydrogens (tertiary/aromatic N) is 2. The predicted molar refractivity (Wildman–Crippen MR) is 106 cm³/mol. The Bertz CT molecular complexity index is 1010. The van der Waals surface area contributed by atoms with Gasteiger partial charge in [0.25, 0.3) is 0 Å². The van der Waals surface area contributed by atoms with Crippen molar-refractivity contribution in [1.82, 2.24) is 0 Å². The number of aryl methyl sites for hydroxylation is 2. The van der Waals surface area contributed by atoms with E-state index in [2.05, 4.69) is 0 Å². The minimum absolute atomic E-state index is 0.208. The Morgan fingerprint density at radius 2 is 1.70 bits per heavy atom. The van der Waals surface area contributed by atoms with Gasteiger partial charge in [-0.1, -0.05) is 60.2 Å². The van der Waals surface area contributed by atoms with E-state index in [9.17, 15) is 9.59 Å². The molecule has 1 aliphatic heterocycles. The minimum atomic E-state index is -0.446. The van der Waals surface area contributed by atoms with Gasteiger partial charge in [0.2, 0.25) is 0 Å². The smallest absolute Gasteiger partial charge is 0.245 e. The molecule has 134 valence electrons. The van der Waals surface area contributed by atoms with Gasteiger partial charge in [-0.3, -0.25) is 0 Å². The van der Waals surface area contributed by atoms with Crippen LogP contribution in [0.3, 0.4) is 0 Å². The maximum Gasteiger partial charge on any atom is 0.506 e. The van der Waals surface area contributed by atoms with Crippen molar-refractivity contribution in [1.29, 1.82) is 0 Å². The summed E-state index contributed by atoms with van der Waals surface area (Å²) in [5, 5.41) is 0. The lowest BCUT2D eigenvalue weighted by Crippen LogP contribution is -2.54. The van der Waals surface area contributed by atoms with Crippen LogP contribution in [0.25, 0.3) is 0 Å². The number of anilines is 1. The molecular formula is C23H21N2O2+. The third-order valence-electron chi connectivity index (χ3n) is 5.10. The van der Waals surface area contributed by atoms with Gasteiger partial charge in [0, 0.05) is 0 Å². The second-order valence-electron chi connectivity index (χ2n) is 6.95. The van der Waals surface area contributed by atoms with Crippen molar-refractivity contribution in [3.8, 4) is 0 Å². The first kappa shape index (κ1) is 17.2. The van der Waals surface area contributed by atoms with Crippen LogP contribution in [0.1, 0.15) is 16.7 Å². The molecule has 2 aromatic carbocycles. The highest BCUT2D eigenvalue weighted by molar-refractivity contribution is 6.25. The molecule has 1 aliphatic carbocycles. The lowest BCUT2D eigenvalue weighted by Gasteiger charge is -2.27. The Labute approximate surface area is 158 Å². The summed E-state index contributed by atoms with van der Waals surface area (Å²) in [5.41, 5.74) is 4.61. The topological polar surface area (TPSA) is 40.4 Å². The van der Waals surface area contributed by atoms with Crippen molar-refractivity contribution in [2.75, 3.05) is 4.90 Å². The zero-order valence-electron chi connectivity index (χ0n) is 15.4. The van der Waals surface area contributed by atoms with Crippen molar-refractivity contribution in [2.45, 2.75) is 20.4 Å². The van der Waals surface area contributed by atoms with E-state index in [1.54, 1.807) is 4.58 Å². The van der Waals surface area contributed by atoms with Gasteiger partial charge in [0.15, 0.2) is 0 Å². The number of benzene rings is 2.